The number of amides is 1. The van der Waals surface area contributed by atoms with Crippen molar-refractivity contribution in [2.75, 3.05) is 5.32 Å². The molecule has 4 N–H and O–H groups in total. The summed E-state index contributed by atoms with van der Waals surface area (Å²) in [5.41, 5.74) is 1.38. The van der Waals surface area contributed by atoms with Gasteiger partial charge in [0.1, 0.15) is 11.9 Å². The summed E-state index contributed by atoms with van der Waals surface area (Å²) < 4.78 is 65.4. The van der Waals surface area contributed by atoms with Crippen LogP contribution in [0.3, 0.4) is 0 Å². The first-order valence-electron chi connectivity index (χ1n) is 5.89. The lowest BCUT2D eigenvalue weighted by Crippen LogP contribution is -2.48. The Morgan fingerprint density at radius 1 is 1.48 bits per heavy atom. The molecule has 0 aliphatic carbocycles. The van der Waals surface area contributed by atoms with Gasteiger partial charge in [0.15, 0.2) is 5.69 Å². The molecule has 0 radical (unpaired) electrons. The van der Waals surface area contributed by atoms with Crippen molar-refractivity contribution in [3.63, 3.8) is 0 Å². The van der Waals surface area contributed by atoms with Gasteiger partial charge in [-0.25, -0.2) is 10.5 Å². The van der Waals surface area contributed by atoms with E-state index in [1.165, 1.54) is 6.92 Å². The maximum Gasteiger partial charge on any atom is 0.455 e. The number of fused-ring (bicyclic) bond motifs is 1. The zero-order valence-electron chi connectivity index (χ0n) is 10.7. The monoisotopic (exact) mass is 313 g/mol. The number of aromatic nitrogens is 2. The van der Waals surface area contributed by atoms with Gasteiger partial charge in [0.25, 0.3) is 5.91 Å². The zero-order chi connectivity index (χ0) is 16.0. The highest BCUT2D eigenvalue weighted by Gasteiger charge is 2.64. The summed E-state index contributed by atoms with van der Waals surface area (Å²) in [6, 6.07) is -1.80. The molecule has 6 nitrogen and oxygen atoms in total. The summed E-state index contributed by atoms with van der Waals surface area (Å²) in [4.78, 5) is 11.3. The molecule has 2 heterocycles. The second-order valence-electron chi connectivity index (χ2n) is 4.75. The highest BCUT2D eigenvalue weighted by atomic mass is 19.4. The van der Waals surface area contributed by atoms with E-state index in [1.807, 2.05) is 0 Å². The Morgan fingerprint density at radius 3 is 2.62 bits per heavy atom. The molecule has 0 unspecified atom stereocenters. The van der Waals surface area contributed by atoms with Crippen molar-refractivity contribution in [2.45, 2.75) is 37.5 Å². The quantitative estimate of drug-likeness (QED) is 0.334. The Balaban J connectivity index is 2.48. The number of carbonyl (C=O) groups excluding carboxylic acids is 1. The molecule has 2 atom stereocenters. The van der Waals surface area contributed by atoms with E-state index in [1.54, 1.807) is 5.43 Å². The standard InChI is InChI=1S/C10H12F5N5O/c1-4-2-6(9(11,12)10(13,14)15)20-7(17-4)3-5(19-20)8(21)18-16/h3-4,6,17H,2,16H2,1H3,(H,18,21)/t4-,6-/m0/s1. The molecule has 1 aromatic rings. The van der Waals surface area contributed by atoms with Crippen molar-refractivity contribution in [1.29, 1.82) is 0 Å². The SMILES string of the molecule is C[C@H]1C[C@@H](C(F)(F)C(F)(F)F)n2nc(C(=O)NN)cc2N1. The Labute approximate surface area is 115 Å². The van der Waals surface area contributed by atoms with E-state index in [-0.39, 0.29) is 11.5 Å². The summed E-state index contributed by atoms with van der Waals surface area (Å²) >= 11 is 0. The molecule has 1 aromatic heterocycles. The van der Waals surface area contributed by atoms with Crippen LogP contribution >= 0.6 is 0 Å². The average Bonchev–Trinajstić information content (AvgIpc) is 2.78. The highest BCUT2D eigenvalue weighted by molar-refractivity contribution is 5.92. The Hall–Kier alpha value is -1.91. The lowest BCUT2D eigenvalue weighted by Gasteiger charge is -2.35. The predicted molar refractivity (Wildman–Crippen MR) is 61.6 cm³/mol. The molecule has 0 bridgehead atoms. The normalized spacial score (nSPS) is 22.4. The molecule has 0 saturated heterocycles. The third kappa shape index (κ3) is 2.52. The minimum atomic E-state index is -5.71. The largest absolute Gasteiger partial charge is 0.455 e. The van der Waals surface area contributed by atoms with Crippen LogP contribution in [0.5, 0.6) is 0 Å². The molecule has 1 aliphatic heterocycles. The number of nitrogen functional groups attached to an aromatic ring is 1. The van der Waals surface area contributed by atoms with E-state index in [0.29, 0.717) is 4.68 Å². The van der Waals surface area contributed by atoms with Crippen molar-refractivity contribution in [3.05, 3.63) is 11.8 Å². The van der Waals surface area contributed by atoms with Gasteiger partial charge in [-0.3, -0.25) is 10.2 Å². The van der Waals surface area contributed by atoms with Gasteiger partial charge in [-0.05, 0) is 13.3 Å². The minimum absolute atomic E-state index is 0.0960. The van der Waals surface area contributed by atoms with E-state index in [2.05, 4.69) is 10.4 Å². The van der Waals surface area contributed by atoms with Crippen LogP contribution in [0.4, 0.5) is 27.8 Å². The van der Waals surface area contributed by atoms with Crippen molar-refractivity contribution in [1.82, 2.24) is 15.2 Å². The van der Waals surface area contributed by atoms with E-state index in [9.17, 15) is 26.7 Å². The Kier molecular flexibility index (Phi) is 3.56. The highest BCUT2D eigenvalue weighted by Crippen LogP contribution is 2.47. The van der Waals surface area contributed by atoms with Crippen LogP contribution in [-0.4, -0.2) is 33.8 Å². The molecule has 118 valence electrons. The smallest absolute Gasteiger partial charge is 0.368 e. The van der Waals surface area contributed by atoms with Gasteiger partial charge in [-0.15, -0.1) is 0 Å². The molecule has 0 fully saturated rings. The van der Waals surface area contributed by atoms with Crippen molar-refractivity contribution < 1.29 is 26.7 Å². The molecule has 21 heavy (non-hydrogen) atoms. The number of alkyl halides is 5. The number of hydrogen-bond acceptors (Lipinski definition) is 4. The maximum absolute atomic E-state index is 13.6. The van der Waals surface area contributed by atoms with Gasteiger partial charge >= 0.3 is 12.1 Å². The lowest BCUT2D eigenvalue weighted by atomic mass is 9.99. The molecule has 2 rings (SSSR count). The number of nitrogens with zero attached hydrogens (tertiary/aromatic N) is 2. The minimum Gasteiger partial charge on any atom is -0.368 e. The van der Waals surface area contributed by atoms with Gasteiger partial charge in [0.05, 0.1) is 0 Å². The van der Waals surface area contributed by atoms with E-state index < -0.39 is 36.5 Å². The van der Waals surface area contributed by atoms with Crippen LogP contribution in [-0.2, 0) is 0 Å². The topological polar surface area (TPSA) is 85.0 Å². The molecule has 0 spiro atoms. The van der Waals surface area contributed by atoms with E-state index in [4.69, 9.17) is 5.84 Å². The third-order valence-corrected chi connectivity index (χ3v) is 3.16. The Morgan fingerprint density at radius 2 is 2.10 bits per heavy atom. The van der Waals surface area contributed by atoms with Crippen LogP contribution in [0.15, 0.2) is 6.07 Å². The summed E-state index contributed by atoms with van der Waals surface area (Å²) in [6.45, 7) is 1.46. The summed E-state index contributed by atoms with van der Waals surface area (Å²) in [5.74, 6) is -1.07. The summed E-state index contributed by atoms with van der Waals surface area (Å²) in [5, 5.41) is 6.19. The van der Waals surface area contributed by atoms with Gasteiger partial charge < -0.3 is 5.32 Å². The number of carbonyl (C=O) groups is 1. The number of halogens is 5. The van der Waals surface area contributed by atoms with Crippen molar-refractivity contribution >= 4 is 11.7 Å². The average molecular weight is 313 g/mol. The second-order valence-corrected chi connectivity index (χ2v) is 4.75. The fourth-order valence-corrected chi connectivity index (χ4v) is 2.16. The van der Waals surface area contributed by atoms with Gasteiger partial charge in [-0.1, -0.05) is 0 Å². The van der Waals surface area contributed by atoms with Crippen LogP contribution in [0.25, 0.3) is 0 Å². The first kappa shape index (κ1) is 15.5. The predicted octanol–water partition coefficient (Wildman–Crippen LogP) is 1.43. The van der Waals surface area contributed by atoms with E-state index >= 15 is 0 Å². The fourth-order valence-electron chi connectivity index (χ4n) is 2.16. The first-order valence-corrected chi connectivity index (χ1v) is 5.89. The fraction of sp³-hybridized carbons (Fsp3) is 0.600. The van der Waals surface area contributed by atoms with Crippen LogP contribution in [0, 0.1) is 0 Å². The zero-order valence-corrected chi connectivity index (χ0v) is 10.7. The van der Waals surface area contributed by atoms with Crippen molar-refractivity contribution in [2.24, 2.45) is 5.84 Å². The molecule has 11 heteroatoms. The number of hydrazine groups is 1. The van der Waals surface area contributed by atoms with Gasteiger partial charge in [0.2, 0.25) is 0 Å². The van der Waals surface area contributed by atoms with Gasteiger partial charge in [-0.2, -0.15) is 27.1 Å². The molecular weight excluding hydrogens is 301 g/mol. The number of hydrogen-bond donors (Lipinski definition) is 3. The number of nitrogens with two attached hydrogens (primary N) is 1. The van der Waals surface area contributed by atoms with Crippen LogP contribution in [0.1, 0.15) is 29.9 Å². The molecule has 1 amide bonds. The van der Waals surface area contributed by atoms with Gasteiger partial charge in [0, 0.05) is 12.1 Å². The molecule has 0 saturated carbocycles. The second kappa shape index (κ2) is 4.83. The molecular formula is C10H12F5N5O. The van der Waals surface area contributed by atoms with Crippen LogP contribution in [0.2, 0.25) is 0 Å². The maximum atomic E-state index is 13.6. The molecule has 1 aliphatic rings. The third-order valence-electron chi connectivity index (χ3n) is 3.16. The number of rotatable bonds is 2. The van der Waals surface area contributed by atoms with E-state index in [0.717, 1.165) is 6.07 Å². The van der Waals surface area contributed by atoms with Crippen molar-refractivity contribution in [3.8, 4) is 0 Å². The number of anilines is 1. The summed E-state index contributed by atoms with van der Waals surface area (Å²) in [7, 11) is 0. The number of nitrogens with one attached hydrogen (secondary N) is 2. The molecule has 0 aromatic carbocycles. The lowest BCUT2D eigenvalue weighted by molar-refractivity contribution is -0.301. The van der Waals surface area contributed by atoms with Crippen LogP contribution < -0.4 is 16.6 Å². The summed E-state index contributed by atoms with van der Waals surface area (Å²) in [6.07, 6.45) is -6.21. The Bertz CT molecular complexity index is 555. The first-order chi connectivity index (χ1) is 9.57.